The average molecular weight is 512 g/mol. The second kappa shape index (κ2) is 8.31. The summed E-state index contributed by atoms with van der Waals surface area (Å²) in [6.07, 6.45) is 1.62. The van der Waals surface area contributed by atoms with E-state index in [1.807, 2.05) is 61.5 Å². The lowest BCUT2D eigenvalue weighted by Gasteiger charge is -2.05. The van der Waals surface area contributed by atoms with E-state index in [1.165, 1.54) is 5.56 Å². The molecule has 3 aromatic carbocycles. The van der Waals surface area contributed by atoms with Gasteiger partial charge >= 0.3 is 0 Å². The summed E-state index contributed by atoms with van der Waals surface area (Å²) in [6, 6.07) is 21.1. The third kappa shape index (κ3) is 4.31. The number of aromatic hydroxyl groups is 1. The Balaban J connectivity index is 1.83. The summed E-state index contributed by atoms with van der Waals surface area (Å²) in [5.41, 5.74) is 4.20. The average Bonchev–Trinajstić information content (AvgIpc) is 3.12. The number of hydrogen-bond donors (Lipinski definition) is 1. The van der Waals surface area contributed by atoms with Crippen LogP contribution in [0.1, 0.15) is 11.1 Å². The Morgan fingerprint density at radius 2 is 1.62 bits per heavy atom. The van der Waals surface area contributed by atoms with Gasteiger partial charge in [-0.15, -0.1) is 5.10 Å². The molecule has 7 heteroatoms. The van der Waals surface area contributed by atoms with E-state index in [4.69, 9.17) is 0 Å². The van der Waals surface area contributed by atoms with Crippen LogP contribution in [0.3, 0.4) is 0 Å². The van der Waals surface area contributed by atoms with Gasteiger partial charge in [-0.3, -0.25) is 0 Å². The Bertz CT molecular complexity index is 1120. The Kier molecular flexibility index (Phi) is 5.60. The molecule has 1 heterocycles. The Labute approximate surface area is 185 Å². The normalized spacial score (nSPS) is 11.3. The van der Waals surface area contributed by atoms with Crippen molar-refractivity contribution in [3.8, 4) is 22.7 Å². The third-order valence-corrected chi connectivity index (χ3v) is 5.38. The maximum absolute atomic E-state index is 10.2. The highest BCUT2D eigenvalue weighted by Gasteiger charge is 2.15. The predicted octanol–water partition coefficient (Wildman–Crippen LogP) is 6.22. The molecule has 0 aliphatic heterocycles. The smallest absolute Gasteiger partial charge is 0.184 e. The van der Waals surface area contributed by atoms with Crippen LogP contribution in [0.4, 0.5) is 5.82 Å². The molecule has 0 bridgehead atoms. The van der Waals surface area contributed by atoms with Crippen molar-refractivity contribution in [3.63, 3.8) is 0 Å². The molecule has 0 unspecified atom stereocenters. The van der Waals surface area contributed by atoms with Crippen LogP contribution in [0.25, 0.3) is 16.9 Å². The topological polar surface area (TPSA) is 63.3 Å². The number of aliphatic imine (C=N–C) groups is 1. The van der Waals surface area contributed by atoms with Crippen molar-refractivity contribution in [1.29, 1.82) is 0 Å². The van der Waals surface area contributed by atoms with Gasteiger partial charge in [0.25, 0.3) is 0 Å². The second-order valence-corrected chi connectivity index (χ2v) is 8.31. The van der Waals surface area contributed by atoms with Crippen molar-refractivity contribution in [3.05, 3.63) is 86.8 Å². The second-order valence-electron chi connectivity index (χ2n) is 6.48. The molecule has 1 aromatic heterocycles. The van der Waals surface area contributed by atoms with Crippen molar-refractivity contribution < 1.29 is 5.11 Å². The van der Waals surface area contributed by atoms with Crippen molar-refractivity contribution in [1.82, 2.24) is 15.0 Å². The van der Waals surface area contributed by atoms with Crippen molar-refractivity contribution in [2.24, 2.45) is 4.99 Å². The highest BCUT2D eigenvalue weighted by molar-refractivity contribution is 9.10. The Morgan fingerprint density at radius 1 is 0.931 bits per heavy atom. The summed E-state index contributed by atoms with van der Waals surface area (Å²) in [5, 5.41) is 18.9. The molecule has 4 rings (SSSR count). The summed E-state index contributed by atoms with van der Waals surface area (Å²) in [7, 11) is 0. The molecular formula is C22H16Br2N4O. The first kappa shape index (κ1) is 19.5. The van der Waals surface area contributed by atoms with Crippen molar-refractivity contribution >= 4 is 43.9 Å². The zero-order valence-electron chi connectivity index (χ0n) is 15.4. The fraction of sp³-hybridized carbons (Fsp3) is 0.0455. The van der Waals surface area contributed by atoms with Gasteiger partial charge in [0.05, 0.1) is 5.69 Å². The zero-order valence-corrected chi connectivity index (χ0v) is 18.6. The molecule has 4 aromatic rings. The molecule has 0 fully saturated rings. The fourth-order valence-corrected chi connectivity index (χ4v) is 3.42. The minimum atomic E-state index is 0.141. The van der Waals surface area contributed by atoms with Crippen LogP contribution in [0.5, 0.6) is 5.75 Å². The maximum atomic E-state index is 10.2. The number of phenolic OH excluding ortho intramolecular Hbond substituents is 1. The van der Waals surface area contributed by atoms with E-state index >= 15 is 0 Å². The van der Waals surface area contributed by atoms with Gasteiger partial charge in [0.1, 0.15) is 11.4 Å². The molecule has 29 heavy (non-hydrogen) atoms. The van der Waals surface area contributed by atoms with E-state index in [-0.39, 0.29) is 5.75 Å². The number of benzene rings is 3. The molecule has 0 saturated carbocycles. The molecule has 0 aliphatic rings. The SMILES string of the molecule is Cc1ccc(-c2nnn(-c3ccc(Br)cc3)c2/N=C/c2ccc(Br)cc2O)cc1. The first-order chi connectivity index (χ1) is 14.0. The summed E-state index contributed by atoms with van der Waals surface area (Å²) < 4.78 is 3.47. The first-order valence-electron chi connectivity index (χ1n) is 8.82. The largest absolute Gasteiger partial charge is 0.507 e. The molecule has 0 radical (unpaired) electrons. The summed E-state index contributed by atoms with van der Waals surface area (Å²) in [5.74, 6) is 0.723. The highest BCUT2D eigenvalue weighted by Crippen LogP contribution is 2.31. The van der Waals surface area contributed by atoms with Crippen LogP contribution in [0.2, 0.25) is 0 Å². The molecule has 5 nitrogen and oxygen atoms in total. The number of hydrogen-bond acceptors (Lipinski definition) is 4. The lowest BCUT2D eigenvalue weighted by molar-refractivity contribution is 0.474. The molecule has 144 valence electrons. The van der Waals surface area contributed by atoms with Gasteiger partial charge in [0.2, 0.25) is 0 Å². The molecular weight excluding hydrogens is 496 g/mol. The quantitative estimate of drug-likeness (QED) is 0.330. The van der Waals surface area contributed by atoms with Crippen LogP contribution >= 0.6 is 31.9 Å². The number of aryl methyl sites for hydroxylation is 1. The fourth-order valence-electron chi connectivity index (χ4n) is 2.80. The maximum Gasteiger partial charge on any atom is 0.184 e. The highest BCUT2D eigenvalue weighted by atomic mass is 79.9. The Morgan fingerprint density at radius 3 is 2.31 bits per heavy atom. The van der Waals surface area contributed by atoms with Gasteiger partial charge in [-0.2, -0.15) is 4.68 Å². The van der Waals surface area contributed by atoms with E-state index < -0.39 is 0 Å². The number of nitrogens with zero attached hydrogens (tertiary/aromatic N) is 4. The summed E-state index contributed by atoms with van der Waals surface area (Å²) in [4.78, 5) is 4.65. The van der Waals surface area contributed by atoms with Gasteiger partial charge < -0.3 is 5.11 Å². The van der Waals surface area contributed by atoms with Crippen LogP contribution in [0.15, 0.2) is 80.7 Å². The minimum Gasteiger partial charge on any atom is -0.507 e. The van der Waals surface area contributed by atoms with Gasteiger partial charge in [-0.1, -0.05) is 66.9 Å². The summed E-state index contributed by atoms with van der Waals surface area (Å²) in [6.45, 7) is 2.04. The molecule has 0 amide bonds. The van der Waals surface area contributed by atoms with Gasteiger partial charge in [0.15, 0.2) is 5.82 Å². The van der Waals surface area contributed by atoms with E-state index in [1.54, 1.807) is 23.0 Å². The number of phenols is 1. The summed E-state index contributed by atoms with van der Waals surface area (Å²) >= 11 is 6.80. The van der Waals surface area contributed by atoms with Gasteiger partial charge in [-0.25, -0.2) is 4.99 Å². The van der Waals surface area contributed by atoms with Crippen LogP contribution in [-0.2, 0) is 0 Å². The molecule has 0 saturated heterocycles. The molecule has 0 aliphatic carbocycles. The monoisotopic (exact) mass is 510 g/mol. The van der Waals surface area contributed by atoms with Crippen molar-refractivity contribution in [2.45, 2.75) is 6.92 Å². The lowest BCUT2D eigenvalue weighted by Crippen LogP contribution is -1.96. The van der Waals surface area contributed by atoms with Crippen LogP contribution < -0.4 is 0 Å². The lowest BCUT2D eigenvalue weighted by atomic mass is 10.1. The first-order valence-corrected chi connectivity index (χ1v) is 10.4. The van der Waals surface area contributed by atoms with Crippen LogP contribution in [-0.4, -0.2) is 26.3 Å². The number of halogens is 2. The van der Waals surface area contributed by atoms with E-state index in [9.17, 15) is 5.11 Å². The third-order valence-electron chi connectivity index (χ3n) is 4.36. The molecule has 0 atom stereocenters. The van der Waals surface area contributed by atoms with E-state index in [0.29, 0.717) is 17.1 Å². The predicted molar refractivity (Wildman–Crippen MR) is 122 cm³/mol. The zero-order chi connectivity index (χ0) is 20.4. The standard InChI is InChI=1S/C22H16Br2N4O/c1-14-2-4-15(5-3-14)21-22(25-13-16-6-7-18(24)12-20(16)29)28(27-26-21)19-10-8-17(23)9-11-19/h2-13,29H,1H3/b25-13+. The van der Waals surface area contributed by atoms with Crippen molar-refractivity contribution in [2.75, 3.05) is 0 Å². The van der Waals surface area contributed by atoms with E-state index in [2.05, 4.69) is 47.2 Å². The molecule has 0 spiro atoms. The van der Waals surface area contributed by atoms with Gasteiger partial charge in [-0.05, 0) is 49.4 Å². The van der Waals surface area contributed by atoms with E-state index in [0.717, 1.165) is 20.2 Å². The number of aromatic nitrogens is 3. The number of rotatable bonds is 4. The minimum absolute atomic E-state index is 0.141. The Hall–Kier alpha value is -2.77. The van der Waals surface area contributed by atoms with Crippen LogP contribution in [0, 0.1) is 6.92 Å². The molecule has 1 N–H and O–H groups in total. The van der Waals surface area contributed by atoms with Gasteiger partial charge in [0, 0.05) is 26.3 Å².